The molecule has 5 nitrogen and oxygen atoms in total. The van der Waals surface area contributed by atoms with E-state index in [2.05, 4.69) is 10.4 Å². The maximum absolute atomic E-state index is 13.1. The number of aromatic nitrogens is 2. The van der Waals surface area contributed by atoms with Crippen molar-refractivity contribution in [2.45, 2.75) is 19.9 Å². The molecule has 0 aliphatic rings. The molecule has 3 aromatic rings. The van der Waals surface area contributed by atoms with Gasteiger partial charge in [0.05, 0.1) is 30.1 Å². The van der Waals surface area contributed by atoms with Crippen molar-refractivity contribution in [2.24, 2.45) is 0 Å². The van der Waals surface area contributed by atoms with Crippen molar-refractivity contribution in [1.29, 1.82) is 0 Å². The van der Waals surface area contributed by atoms with Crippen LogP contribution in [0.25, 0.3) is 5.69 Å². The van der Waals surface area contributed by atoms with Crippen LogP contribution >= 0.6 is 11.6 Å². The number of nitrogens with zero attached hydrogens (tertiary/aromatic N) is 2. The molecule has 1 N–H and O–H groups in total. The van der Waals surface area contributed by atoms with Gasteiger partial charge in [-0.25, -0.2) is 9.07 Å². The van der Waals surface area contributed by atoms with E-state index in [1.165, 1.54) is 16.8 Å². The highest BCUT2D eigenvalue weighted by Gasteiger charge is 2.23. The second-order valence-corrected chi connectivity index (χ2v) is 6.43. The molecule has 0 spiro atoms. The van der Waals surface area contributed by atoms with Crippen LogP contribution in [0.3, 0.4) is 0 Å². The molecule has 0 aliphatic heterocycles. The summed E-state index contributed by atoms with van der Waals surface area (Å²) >= 11 is 6.41. The average Bonchev–Trinajstić information content (AvgIpc) is 2.96. The minimum Gasteiger partial charge on any atom is -0.496 e. The molecule has 0 saturated carbocycles. The summed E-state index contributed by atoms with van der Waals surface area (Å²) < 4.78 is 19.9. The molecule has 1 atom stereocenters. The van der Waals surface area contributed by atoms with E-state index in [9.17, 15) is 9.18 Å². The third kappa shape index (κ3) is 3.80. The summed E-state index contributed by atoms with van der Waals surface area (Å²) in [7, 11) is 1.58. The number of hydrogen-bond donors (Lipinski definition) is 1. The van der Waals surface area contributed by atoms with Gasteiger partial charge < -0.3 is 10.1 Å². The molecule has 0 fully saturated rings. The van der Waals surface area contributed by atoms with Gasteiger partial charge in [0.1, 0.15) is 16.7 Å². The Morgan fingerprint density at radius 3 is 2.56 bits per heavy atom. The van der Waals surface area contributed by atoms with Crippen LogP contribution in [0.4, 0.5) is 4.39 Å². The summed E-state index contributed by atoms with van der Waals surface area (Å²) in [5.74, 6) is -0.0123. The second kappa shape index (κ2) is 7.80. The Kier molecular flexibility index (Phi) is 5.46. The van der Waals surface area contributed by atoms with E-state index in [0.29, 0.717) is 17.1 Å². The van der Waals surface area contributed by atoms with Gasteiger partial charge in [0.15, 0.2) is 0 Å². The Hall–Kier alpha value is -2.86. The lowest BCUT2D eigenvalue weighted by Gasteiger charge is -2.17. The number of nitrogens with one attached hydrogen (secondary N) is 1. The fourth-order valence-electron chi connectivity index (χ4n) is 2.88. The Bertz CT molecular complexity index is 970. The molecule has 140 valence electrons. The molecule has 7 heteroatoms. The highest BCUT2D eigenvalue weighted by atomic mass is 35.5. The van der Waals surface area contributed by atoms with Crippen molar-refractivity contribution < 1.29 is 13.9 Å². The van der Waals surface area contributed by atoms with Gasteiger partial charge in [0.2, 0.25) is 0 Å². The van der Waals surface area contributed by atoms with Crippen LogP contribution in [0.5, 0.6) is 5.75 Å². The van der Waals surface area contributed by atoms with Crippen LogP contribution in [-0.2, 0) is 0 Å². The molecule has 0 aliphatic carbocycles. The number of carbonyl (C=O) groups excluding carboxylic acids is 1. The molecule has 0 radical (unpaired) electrons. The summed E-state index contributed by atoms with van der Waals surface area (Å²) in [5, 5.41) is 7.42. The van der Waals surface area contributed by atoms with E-state index in [4.69, 9.17) is 16.3 Å². The van der Waals surface area contributed by atoms with E-state index in [1.807, 2.05) is 31.2 Å². The Morgan fingerprint density at radius 2 is 1.89 bits per heavy atom. The van der Waals surface area contributed by atoms with Gasteiger partial charge in [0.25, 0.3) is 5.91 Å². The number of hydrogen-bond acceptors (Lipinski definition) is 3. The highest BCUT2D eigenvalue weighted by molar-refractivity contribution is 6.33. The molecule has 3 rings (SSSR count). The number of aryl methyl sites for hydroxylation is 1. The average molecular weight is 388 g/mol. The van der Waals surface area contributed by atoms with Crippen LogP contribution in [0.2, 0.25) is 5.15 Å². The van der Waals surface area contributed by atoms with Gasteiger partial charge in [-0.1, -0.05) is 29.8 Å². The Labute approximate surface area is 161 Å². The van der Waals surface area contributed by atoms with E-state index in [-0.39, 0.29) is 28.5 Å². The minimum atomic E-state index is -0.359. The predicted octanol–water partition coefficient (Wildman–Crippen LogP) is 4.47. The molecular weight excluding hydrogens is 369 g/mol. The number of methoxy groups -OCH3 is 1. The third-order valence-electron chi connectivity index (χ3n) is 4.26. The second-order valence-electron chi connectivity index (χ2n) is 6.08. The number of rotatable bonds is 5. The first-order chi connectivity index (χ1) is 12.9. The van der Waals surface area contributed by atoms with Crippen molar-refractivity contribution in [3.63, 3.8) is 0 Å². The van der Waals surface area contributed by atoms with Gasteiger partial charge in [-0.2, -0.15) is 5.10 Å². The zero-order valence-corrected chi connectivity index (χ0v) is 15.9. The van der Waals surface area contributed by atoms with E-state index < -0.39 is 0 Å². The zero-order chi connectivity index (χ0) is 19.6. The van der Waals surface area contributed by atoms with Crippen molar-refractivity contribution in [3.05, 3.63) is 76.3 Å². The quantitative estimate of drug-likeness (QED) is 0.702. The largest absolute Gasteiger partial charge is 0.496 e. The van der Waals surface area contributed by atoms with E-state index in [1.54, 1.807) is 26.2 Å². The van der Waals surface area contributed by atoms with Crippen LogP contribution in [-0.4, -0.2) is 22.8 Å². The number of ether oxygens (including phenoxy) is 1. The normalized spacial score (nSPS) is 11.9. The summed E-state index contributed by atoms with van der Waals surface area (Å²) in [6.45, 7) is 3.57. The van der Waals surface area contributed by atoms with Crippen molar-refractivity contribution >= 4 is 17.5 Å². The Morgan fingerprint density at radius 1 is 1.22 bits per heavy atom. The topological polar surface area (TPSA) is 56.1 Å². The zero-order valence-electron chi connectivity index (χ0n) is 15.2. The van der Waals surface area contributed by atoms with Crippen molar-refractivity contribution in [2.75, 3.05) is 7.11 Å². The van der Waals surface area contributed by atoms with E-state index >= 15 is 0 Å². The SMILES string of the molecule is COc1ccccc1C(C)NC(=O)c1c(C)nn(-c2ccc(F)cc2)c1Cl. The molecular formula is C20H19ClFN3O2. The van der Waals surface area contributed by atoms with Gasteiger partial charge in [0, 0.05) is 5.56 Å². The number of amides is 1. The molecule has 1 unspecified atom stereocenters. The standard InChI is InChI=1S/C20H19ClFN3O2/c1-12(16-6-4-5-7-17(16)27-3)23-20(26)18-13(2)24-25(19(18)21)15-10-8-14(22)9-11-15/h4-12H,1-3H3,(H,23,26). The fraction of sp³-hybridized carbons (Fsp3) is 0.200. The van der Waals surface area contributed by atoms with Crippen molar-refractivity contribution in [3.8, 4) is 11.4 Å². The first kappa shape index (κ1) is 18.9. The van der Waals surface area contributed by atoms with E-state index in [0.717, 1.165) is 5.56 Å². The van der Waals surface area contributed by atoms with Crippen LogP contribution in [0.15, 0.2) is 48.5 Å². The smallest absolute Gasteiger partial charge is 0.256 e. The van der Waals surface area contributed by atoms with Gasteiger partial charge in [-0.15, -0.1) is 0 Å². The van der Waals surface area contributed by atoms with Gasteiger partial charge >= 0.3 is 0 Å². The highest BCUT2D eigenvalue weighted by Crippen LogP contribution is 2.27. The number of para-hydroxylation sites is 1. The molecule has 1 heterocycles. The van der Waals surface area contributed by atoms with Crippen molar-refractivity contribution in [1.82, 2.24) is 15.1 Å². The summed E-state index contributed by atoms with van der Waals surface area (Å²) in [5.41, 5.74) is 2.19. The predicted molar refractivity (Wildman–Crippen MR) is 102 cm³/mol. The fourth-order valence-corrected chi connectivity index (χ4v) is 3.24. The molecule has 1 amide bonds. The van der Waals surface area contributed by atoms with Crippen LogP contribution in [0, 0.1) is 12.7 Å². The summed E-state index contributed by atoms with van der Waals surface area (Å²) in [4.78, 5) is 12.8. The molecule has 27 heavy (non-hydrogen) atoms. The maximum Gasteiger partial charge on any atom is 0.256 e. The number of carbonyl (C=O) groups is 1. The van der Waals surface area contributed by atoms with Gasteiger partial charge in [-0.3, -0.25) is 4.79 Å². The lowest BCUT2D eigenvalue weighted by atomic mass is 10.1. The lowest BCUT2D eigenvalue weighted by Crippen LogP contribution is -2.27. The first-order valence-corrected chi connectivity index (χ1v) is 8.75. The summed E-state index contributed by atoms with van der Waals surface area (Å²) in [6, 6.07) is 12.9. The summed E-state index contributed by atoms with van der Waals surface area (Å²) in [6.07, 6.45) is 0. The number of benzene rings is 2. The molecule has 1 aromatic heterocycles. The minimum absolute atomic E-state index is 0.170. The van der Waals surface area contributed by atoms with Crippen LogP contribution in [0.1, 0.15) is 34.6 Å². The third-order valence-corrected chi connectivity index (χ3v) is 4.60. The monoisotopic (exact) mass is 387 g/mol. The lowest BCUT2D eigenvalue weighted by molar-refractivity contribution is 0.0939. The molecule has 0 bridgehead atoms. The Balaban J connectivity index is 1.88. The van der Waals surface area contributed by atoms with Gasteiger partial charge in [-0.05, 0) is 44.2 Å². The van der Waals surface area contributed by atoms with Crippen LogP contribution < -0.4 is 10.1 Å². The maximum atomic E-state index is 13.1. The first-order valence-electron chi connectivity index (χ1n) is 8.37. The molecule has 0 saturated heterocycles. The number of halogens is 2. The molecule has 2 aromatic carbocycles.